The zero-order chi connectivity index (χ0) is 12.2. The van der Waals surface area contributed by atoms with Crippen molar-refractivity contribution in [3.8, 4) is 0 Å². The van der Waals surface area contributed by atoms with Crippen molar-refractivity contribution in [3.63, 3.8) is 0 Å². The quantitative estimate of drug-likeness (QED) is 0.673. The molecule has 1 unspecified atom stereocenters. The van der Waals surface area contributed by atoms with Crippen molar-refractivity contribution in [1.29, 1.82) is 0 Å². The standard InChI is InChI=1S/C11H18F3NO/c1-2-3-4-5-9-6-7-15(10(9)16)8-11(12,13)14/h9H,2-8H2,1H3. The number of rotatable bonds is 5. The molecular formula is C11H18F3NO. The van der Waals surface area contributed by atoms with Crippen LogP contribution in [-0.4, -0.2) is 30.1 Å². The molecule has 1 fully saturated rings. The fourth-order valence-electron chi connectivity index (χ4n) is 2.09. The predicted molar refractivity (Wildman–Crippen MR) is 54.9 cm³/mol. The zero-order valence-electron chi connectivity index (χ0n) is 9.52. The van der Waals surface area contributed by atoms with Gasteiger partial charge in [0.1, 0.15) is 6.54 Å². The van der Waals surface area contributed by atoms with Crippen LogP contribution in [0.2, 0.25) is 0 Å². The highest BCUT2D eigenvalue weighted by Gasteiger charge is 2.38. The van der Waals surface area contributed by atoms with E-state index in [1.54, 1.807) is 0 Å². The number of hydrogen-bond acceptors (Lipinski definition) is 1. The first kappa shape index (κ1) is 13.3. The van der Waals surface area contributed by atoms with E-state index in [0.717, 1.165) is 30.6 Å². The second kappa shape index (κ2) is 5.55. The van der Waals surface area contributed by atoms with Gasteiger partial charge in [0.2, 0.25) is 5.91 Å². The number of amides is 1. The van der Waals surface area contributed by atoms with Gasteiger partial charge < -0.3 is 4.90 Å². The molecule has 1 aliphatic rings. The number of hydrogen-bond donors (Lipinski definition) is 0. The molecular weight excluding hydrogens is 219 g/mol. The number of likely N-dealkylation sites (tertiary alicyclic amines) is 1. The molecule has 0 N–H and O–H groups in total. The Labute approximate surface area is 93.8 Å². The highest BCUT2D eigenvalue weighted by Crippen LogP contribution is 2.27. The van der Waals surface area contributed by atoms with Crippen LogP contribution in [0, 0.1) is 5.92 Å². The summed E-state index contributed by atoms with van der Waals surface area (Å²) in [6.07, 6.45) is 0.0939. The van der Waals surface area contributed by atoms with Gasteiger partial charge in [-0.2, -0.15) is 13.2 Å². The largest absolute Gasteiger partial charge is 0.406 e. The molecule has 0 aliphatic carbocycles. The van der Waals surface area contributed by atoms with E-state index in [2.05, 4.69) is 6.92 Å². The van der Waals surface area contributed by atoms with Gasteiger partial charge in [0.05, 0.1) is 0 Å². The lowest BCUT2D eigenvalue weighted by molar-refractivity contribution is -0.158. The van der Waals surface area contributed by atoms with Crippen LogP contribution in [0.3, 0.4) is 0 Å². The third-order valence-corrected chi connectivity index (χ3v) is 2.93. The maximum absolute atomic E-state index is 12.1. The lowest BCUT2D eigenvalue weighted by Crippen LogP contribution is -2.36. The van der Waals surface area contributed by atoms with E-state index >= 15 is 0 Å². The van der Waals surface area contributed by atoms with Crippen molar-refractivity contribution in [2.75, 3.05) is 13.1 Å². The zero-order valence-corrected chi connectivity index (χ0v) is 9.52. The molecule has 1 heterocycles. The average Bonchev–Trinajstić information content (AvgIpc) is 2.48. The summed E-state index contributed by atoms with van der Waals surface area (Å²) >= 11 is 0. The van der Waals surface area contributed by atoms with Crippen LogP contribution in [0.1, 0.15) is 39.0 Å². The van der Waals surface area contributed by atoms with Gasteiger partial charge in [0.15, 0.2) is 0 Å². The van der Waals surface area contributed by atoms with Gasteiger partial charge in [0.25, 0.3) is 0 Å². The van der Waals surface area contributed by atoms with Gasteiger partial charge in [-0.3, -0.25) is 4.79 Å². The maximum Gasteiger partial charge on any atom is 0.406 e. The molecule has 1 atom stereocenters. The number of alkyl halides is 3. The number of unbranched alkanes of at least 4 members (excludes halogenated alkanes) is 2. The summed E-state index contributed by atoms with van der Waals surface area (Å²) in [7, 11) is 0. The molecule has 94 valence electrons. The second-order valence-electron chi connectivity index (χ2n) is 4.36. The molecule has 0 aromatic carbocycles. The fourth-order valence-corrected chi connectivity index (χ4v) is 2.09. The monoisotopic (exact) mass is 237 g/mol. The minimum absolute atomic E-state index is 0.172. The third-order valence-electron chi connectivity index (χ3n) is 2.93. The second-order valence-corrected chi connectivity index (χ2v) is 4.36. The Morgan fingerprint density at radius 2 is 2.06 bits per heavy atom. The van der Waals surface area contributed by atoms with Gasteiger partial charge in [-0.15, -0.1) is 0 Å². The van der Waals surface area contributed by atoms with E-state index in [9.17, 15) is 18.0 Å². The molecule has 5 heteroatoms. The highest BCUT2D eigenvalue weighted by atomic mass is 19.4. The van der Waals surface area contributed by atoms with E-state index in [0.29, 0.717) is 6.42 Å². The summed E-state index contributed by atoms with van der Waals surface area (Å²) in [6, 6.07) is 0. The Hall–Kier alpha value is -0.740. The molecule has 0 spiro atoms. The maximum atomic E-state index is 12.1. The molecule has 16 heavy (non-hydrogen) atoms. The highest BCUT2D eigenvalue weighted by molar-refractivity contribution is 5.80. The van der Waals surface area contributed by atoms with Crippen LogP contribution in [-0.2, 0) is 4.79 Å². The van der Waals surface area contributed by atoms with Crippen molar-refractivity contribution < 1.29 is 18.0 Å². The van der Waals surface area contributed by atoms with Gasteiger partial charge in [-0.1, -0.05) is 26.2 Å². The van der Waals surface area contributed by atoms with E-state index in [1.807, 2.05) is 0 Å². The Morgan fingerprint density at radius 1 is 1.38 bits per heavy atom. The van der Waals surface area contributed by atoms with Crippen LogP contribution < -0.4 is 0 Å². The molecule has 0 bridgehead atoms. The van der Waals surface area contributed by atoms with Crippen molar-refractivity contribution in [3.05, 3.63) is 0 Å². The molecule has 1 rings (SSSR count). The molecule has 2 nitrogen and oxygen atoms in total. The van der Waals surface area contributed by atoms with Crippen LogP contribution >= 0.6 is 0 Å². The summed E-state index contributed by atoms with van der Waals surface area (Å²) in [5.74, 6) is -0.484. The van der Waals surface area contributed by atoms with E-state index in [1.165, 1.54) is 0 Å². The summed E-state index contributed by atoms with van der Waals surface area (Å²) in [5.41, 5.74) is 0. The number of halogens is 3. The first-order chi connectivity index (χ1) is 7.44. The van der Waals surface area contributed by atoms with Crippen molar-refractivity contribution in [2.45, 2.75) is 45.2 Å². The van der Waals surface area contributed by atoms with Crippen molar-refractivity contribution in [1.82, 2.24) is 4.90 Å². The minimum Gasteiger partial charge on any atom is -0.333 e. The molecule has 0 radical (unpaired) electrons. The van der Waals surface area contributed by atoms with Crippen LogP contribution in [0.5, 0.6) is 0 Å². The average molecular weight is 237 g/mol. The summed E-state index contributed by atoms with van der Waals surface area (Å²) in [5, 5.41) is 0. The lowest BCUT2D eigenvalue weighted by atomic mass is 10.0. The summed E-state index contributed by atoms with van der Waals surface area (Å²) < 4.78 is 36.4. The van der Waals surface area contributed by atoms with Gasteiger partial charge >= 0.3 is 6.18 Å². The first-order valence-corrected chi connectivity index (χ1v) is 5.79. The molecule has 1 aliphatic heterocycles. The Bertz CT molecular complexity index is 240. The number of nitrogens with zero attached hydrogens (tertiary/aromatic N) is 1. The third kappa shape index (κ3) is 4.02. The smallest absolute Gasteiger partial charge is 0.333 e. The van der Waals surface area contributed by atoms with E-state index in [-0.39, 0.29) is 18.4 Å². The summed E-state index contributed by atoms with van der Waals surface area (Å²) in [4.78, 5) is 12.5. The Kier molecular flexibility index (Phi) is 4.62. The number of carbonyl (C=O) groups is 1. The molecule has 0 aromatic heterocycles. The summed E-state index contributed by atoms with van der Waals surface area (Å²) in [6.45, 7) is 1.23. The normalized spacial score (nSPS) is 21.9. The van der Waals surface area contributed by atoms with Gasteiger partial charge in [-0.25, -0.2) is 0 Å². The fraction of sp³-hybridized carbons (Fsp3) is 0.909. The van der Waals surface area contributed by atoms with Crippen molar-refractivity contribution in [2.24, 2.45) is 5.92 Å². The van der Waals surface area contributed by atoms with Gasteiger partial charge in [0, 0.05) is 12.5 Å². The molecule has 0 saturated carbocycles. The van der Waals surface area contributed by atoms with E-state index < -0.39 is 12.7 Å². The van der Waals surface area contributed by atoms with Crippen LogP contribution in [0.15, 0.2) is 0 Å². The molecule has 1 saturated heterocycles. The Balaban J connectivity index is 2.36. The van der Waals surface area contributed by atoms with Crippen LogP contribution in [0.25, 0.3) is 0 Å². The topological polar surface area (TPSA) is 20.3 Å². The molecule has 0 aromatic rings. The van der Waals surface area contributed by atoms with Crippen LogP contribution in [0.4, 0.5) is 13.2 Å². The number of carbonyl (C=O) groups excluding carboxylic acids is 1. The van der Waals surface area contributed by atoms with Crippen molar-refractivity contribution >= 4 is 5.91 Å². The minimum atomic E-state index is -4.27. The van der Waals surface area contributed by atoms with Gasteiger partial charge in [-0.05, 0) is 12.8 Å². The first-order valence-electron chi connectivity index (χ1n) is 5.79. The molecule has 1 amide bonds. The Morgan fingerprint density at radius 3 is 2.62 bits per heavy atom. The predicted octanol–water partition coefficient (Wildman–Crippen LogP) is 2.98. The lowest BCUT2D eigenvalue weighted by Gasteiger charge is -2.18. The SMILES string of the molecule is CCCCCC1CCN(CC(F)(F)F)C1=O. The van der Waals surface area contributed by atoms with E-state index in [4.69, 9.17) is 0 Å².